The number of piperidine rings is 1. The fourth-order valence-electron chi connectivity index (χ4n) is 4.25. The summed E-state index contributed by atoms with van der Waals surface area (Å²) < 4.78 is 0. The average molecular weight is 502 g/mol. The summed E-state index contributed by atoms with van der Waals surface area (Å²) in [5.74, 6) is 0.442. The first-order chi connectivity index (χ1) is 17.6. The van der Waals surface area contributed by atoms with Crippen LogP contribution in [0.3, 0.4) is 0 Å². The first-order valence-corrected chi connectivity index (χ1v) is 12.1. The first-order valence-electron chi connectivity index (χ1n) is 11.7. The molecule has 0 aliphatic carbocycles. The number of nitrogens with one attached hydrogen (secondary N) is 3. The molecule has 4 aromatic rings. The largest absolute Gasteiger partial charge is 0.339 e. The van der Waals surface area contributed by atoms with E-state index in [1.165, 1.54) is 6.42 Å². The molecule has 1 saturated heterocycles. The van der Waals surface area contributed by atoms with Crippen molar-refractivity contribution in [2.24, 2.45) is 0 Å². The smallest absolute Gasteiger partial charge is 0.323 e. The zero-order valence-corrected chi connectivity index (χ0v) is 20.1. The number of aromatic amines is 1. The minimum absolute atomic E-state index is 0.0590. The minimum atomic E-state index is -0.435. The number of hydrogen-bond acceptors (Lipinski definition) is 5. The highest BCUT2D eigenvalue weighted by Gasteiger charge is 2.19. The number of rotatable bonds is 5. The molecule has 0 radical (unpaired) electrons. The van der Waals surface area contributed by atoms with E-state index in [4.69, 9.17) is 11.6 Å². The van der Waals surface area contributed by atoms with Gasteiger partial charge in [-0.15, -0.1) is 10.2 Å². The van der Waals surface area contributed by atoms with Gasteiger partial charge in [0.05, 0.1) is 10.7 Å². The van der Waals surface area contributed by atoms with Crippen molar-refractivity contribution in [3.8, 4) is 22.5 Å². The molecule has 0 atom stereocenters. The summed E-state index contributed by atoms with van der Waals surface area (Å²) in [7, 11) is 0. The molecule has 3 aromatic carbocycles. The number of carbonyl (C=O) groups excluding carboxylic acids is 2. The van der Waals surface area contributed by atoms with Crippen molar-refractivity contribution >= 4 is 34.9 Å². The number of likely N-dealkylation sites (tertiary alicyclic amines) is 1. The Balaban J connectivity index is 1.38. The standard InChI is InChI=1S/C26H24ClN7O2/c27-22-6-2-3-7-23(22)29-26(36)28-19-12-13-20(21(16-19)24-30-32-33-31-24)17-8-10-18(11-9-17)25(35)34-14-4-1-5-15-34/h2-3,6-13,16H,1,4-5,14-15H2,(H2,28,29,36)(H,30,31,32,33). The Hall–Kier alpha value is -4.24. The van der Waals surface area contributed by atoms with Crippen molar-refractivity contribution in [3.05, 3.63) is 77.3 Å². The molecule has 0 bridgehead atoms. The van der Waals surface area contributed by atoms with Crippen LogP contribution in [-0.2, 0) is 0 Å². The molecular formula is C26H24ClN7O2. The predicted molar refractivity (Wildman–Crippen MR) is 139 cm³/mol. The van der Waals surface area contributed by atoms with Gasteiger partial charge in [0.25, 0.3) is 5.91 Å². The van der Waals surface area contributed by atoms with E-state index in [1.807, 2.05) is 35.2 Å². The summed E-state index contributed by atoms with van der Waals surface area (Å²) in [4.78, 5) is 27.3. The maximum atomic E-state index is 12.8. The quantitative estimate of drug-likeness (QED) is 0.336. The van der Waals surface area contributed by atoms with Gasteiger partial charge < -0.3 is 15.5 Å². The van der Waals surface area contributed by atoms with Gasteiger partial charge in [-0.05, 0) is 72.0 Å². The molecule has 3 amide bonds. The maximum Gasteiger partial charge on any atom is 0.323 e. The lowest BCUT2D eigenvalue weighted by atomic mass is 9.97. The van der Waals surface area contributed by atoms with E-state index >= 15 is 0 Å². The summed E-state index contributed by atoms with van der Waals surface area (Å²) in [5, 5.41) is 20.4. The number of tetrazole rings is 1. The summed E-state index contributed by atoms with van der Waals surface area (Å²) in [5.41, 5.74) is 4.11. The summed E-state index contributed by atoms with van der Waals surface area (Å²) in [6.45, 7) is 1.61. The van der Waals surface area contributed by atoms with Crippen LogP contribution in [0, 0.1) is 0 Å². The van der Waals surface area contributed by atoms with Crippen LogP contribution in [0.4, 0.5) is 16.2 Å². The SMILES string of the molecule is O=C(Nc1ccc(-c2ccc(C(=O)N3CCCCC3)cc2)c(-c2nn[nH]n2)c1)Nc1ccccc1Cl. The van der Waals surface area contributed by atoms with Gasteiger partial charge >= 0.3 is 6.03 Å². The number of benzene rings is 3. The molecule has 1 aromatic heterocycles. The van der Waals surface area contributed by atoms with Gasteiger partial charge in [-0.3, -0.25) is 4.79 Å². The predicted octanol–water partition coefficient (Wildman–Crippen LogP) is 5.46. The molecule has 182 valence electrons. The van der Waals surface area contributed by atoms with Crippen LogP contribution >= 0.6 is 11.6 Å². The maximum absolute atomic E-state index is 12.8. The molecule has 0 spiro atoms. The molecule has 10 heteroatoms. The van der Waals surface area contributed by atoms with Gasteiger partial charge in [-0.25, -0.2) is 4.79 Å². The van der Waals surface area contributed by atoms with Crippen LogP contribution in [0.25, 0.3) is 22.5 Å². The Labute approximate surface area is 212 Å². The number of para-hydroxylation sites is 1. The molecule has 36 heavy (non-hydrogen) atoms. The third kappa shape index (κ3) is 5.21. The lowest BCUT2D eigenvalue weighted by molar-refractivity contribution is 0.0724. The zero-order valence-electron chi connectivity index (χ0n) is 19.4. The number of aromatic nitrogens is 4. The fraction of sp³-hybridized carbons (Fsp3) is 0.192. The third-order valence-electron chi connectivity index (χ3n) is 6.07. The molecule has 0 saturated carbocycles. The van der Waals surface area contributed by atoms with Crippen molar-refractivity contribution in [2.75, 3.05) is 23.7 Å². The number of hydrogen-bond donors (Lipinski definition) is 3. The van der Waals surface area contributed by atoms with Crippen molar-refractivity contribution in [3.63, 3.8) is 0 Å². The molecular weight excluding hydrogens is 478 g/mol. The Morgan fingerprint density at radius 2 is 1.67 bits per heavy atom. The van der Waals surface area contributed by atoms with E-state index in [1.54, 1.807) is 36.4 Å². The van der Waals surface area contributed by atoms with Crippen LogP contribution in [0.2, 0.25) is 5.02 Å². The van der Waals surface area contributed by atoms with Gasteiger partial charge in [0, 0.05) is 29.9 Å². The summed E-state index contributed by atoms with van der Waals surface area (Å²) in [6.07, 6.45) is 3.28. The van der Waals surface area contributed by atoms with E-state index in [0.717, 1.165) is 37.1 Å². The normalized spacial score (nSPS) is 13.3. The van der Waals surface area contributed by atoms with Crippen molar-refractivity contribution in [1.82, 2.24) is 25.5 Å². The number of H-pyrrole nitrogens is 1. The second kappa shape index (κ2) is 10.6. The number of urea groups is 1. The van der Waals surface area contributed by atoms with Crippen LogP contribution in [0.15, 0.2) is 66.7 Å². The zero-order chi connectivity index (χ0) is 24.9. The Morgan fingerprint density at radius 3 is 2.39 bits per heavy atom. The van der Waals surface area contributed by atoms with Gasteiger partial charge in [0.2, 0.25) is 5.82 Å². The van der Waals surface area contributed by atoms with Crippen LogP contribution in [0.5, 0.6) is 0 Å². The molecule has 5 rings (SSSR count). The second-order valence-corrected chi connectivity index (χ2v) is 8.89. The van der Waals surface area contributed by atoms with Gasteiger partial charge in [0.15, 0.2) is 0 Å². The second-order valence-electron chi connectivity index (χ2n) is 8.48. The molecule has 1 fully saturated rings. The van der Waals surface area contributed by atoms with Crippen molar-refractivity contribution < 1.29 is 9.59 Å². The molecule has 2 heterocycles. The number of anilines is 2. The number of amides is 3. The third-order valence-corrected chi connectivity index (χ3v) is 6.40. The highest BCUT2D eigenvalue weighted by molar-refractivity contribution is 6.33. The Bertz CT molecular complexity index is 1370. The van der Waals surface area contributed by atoms with Crippen molar-refractivity contribution in [2.45, 2.75) is 19.3 Å². The average Bonchev–Trinajstić information content (AvgIpc) is 3.45. The van der Waals surface area contributed by atoms with E-state index in [2.05, 4.69) is 31.3 Å². The number of carbonyl (C=O) groups is 2. The Morgan fingerprint density at radius 1 is 0.889 bits per heavy atom. The van der Waals surface area contributed by atoms with Gasteiger partial charge in [-0.1, -0.05) is 41.9 Å². The minimum Gasteiger partial charge on any atom is -0.339 e. The van der Waals surface area contributed by atoms with E-state index < -0.39 is 6.03 Å². The highest BCUT2D eigenvalue weighted by Crippen LogP contribution is 2.33. The molecule has 1 aliphatic heterocycles. The van der Waals surface area contributed by atoms with Crippen LogP contribution in [0.1, 0.15) is 29.6 Å². The van der Waals surface area contributed by atoms with Crippen LogP contribution in [-0.4, -0.2) is 50.6 Å². The van der Waals surface area contributed by atoms with Gasteiger partial charge in [0.1, 0.15) is 0 Å². The molecule has 9 nitrogen and oxygen atoms in total. The fourth-order valence-corrected chi connectivity index (χ4v) is 4.44. The molecule has 3 N–H and O–H groups in total. The first kappa shape index (κ1) is 23.5. The van der Waals surface area contributed by atoms with Crippen molar-refractivity contribution in [1.29, 1.82) is 0 Å². The molecule has 0 unspecified atom stereocenters. The van der Waals surface area contributed by atoms with E-state index in [0.29, 0.717) is 33.3 Å². The Kier molecular flexibility index (Phi) is 6.90. The molecule has 1 aliphatic rings. The van der Waals surface area contributed by atoms with Gasteiger partial charge in [-0.2, -0.15) is 5.21 Å². The van der Waals surface area contributed by atoms with Crippen LogP contribution < -0.4 is 10.6 Å². The summed E-state index contributed by atoms with van der Waals surface area (Å²) in [6, 6.07) is 19.5. The van der Waals surface area contributed by atoms with E-state index in [9.17, 15) is 9.59 Å². The topological polar surface area (TPSA) is 116 Å². The lowest BCUT2D eigenvalue weighted by Crippen LogP contribution is -2.35. The lowest BCUT2D eigenvalue weighted by Gasteiger charge is -2.26. The summed E-state index contributed by atoms with van der Waals surface area (Å²) >= 11 is 6.13. The highest BCUT2D eigenvalue weighted by atomic mass is 35.5. The number of halogens is 1. The number of nitrogens with zero attached hydrogens (tertiary/aromatic N) is 4. The van der Waals surface area contributed by atoms with E-state index in [-0.39, 0.29) is 5.91 Å². The monoisotopic (exact) mass is 501 g/mol.